The third-order valence-corrected chi connectivity index (χ3v) is 5.27. The molecule has 1 aromatic rings. The fourth-order valence-corrected chi connectivity index (χ4v) is 3.31. The molecule has 1 N–H and O–H groups in total. The molecule has 1 aromatic carbocycles. The van der Waals surface area contributed by atoms with Crippen LogP contribution in [0.3, 0.4) is 0 Å². The molecule has 0 bridgehead atoms. The minimum Gasteiger partial charge on any atom is -0.482 e. The zero-order valence-corrected chi connectivity index (χ0v) is 16.3. The third kappa shape index (κ3) is 6.38. The molecule has 0 aliphatic heterocycles. The van der Waals surface area contributed by atoms with Gasteiger partial charge in [-0.05, 0) is 42.5 Å². The van der Waals surface area contributed by atoms with Crippen LogP contribution < -0.4 is 10.1 Å². The van der Waals surface area contributed by atoms with Crippen LogP contribution in [0.15, 0.2) is 24.3 Å². The normalized spacial score (nSPS) is 22.0. The van der Waals surface area contributed by atoms with Crippen molar-refractivity contribution >= 4 is 17.7 Å². The average molecular weight is 375 g/mol. The van der Waals surface area contributed by atoms with Gasteiger partial charge in [-0.2, -0.15) is 0 Å². The van der Waals surface area contributed by atoms with Crippen molar-refractivity contribution in [1.29, 1.82) is 0 Å². The van der Waals surface area contributed by atoms with Crippen molar-refractivity contribution in [2.24, 2.45) is 11.8 Å². The maximum absolute atomic E-state index is 12.0. The van der Waals surface area contributed by atoms with Crippen LogP contribution in [0.2, 0.25) is 0 Å². The van der Waals surface area contributed by atoms with Crippen molar-refractivity contribution in [3.63, 3.8) is 0 Å². The number of carbonyl (C=O) groups is 3. The maximum atomic E-state index is 12.0. The van der Waals surface area contributed by atoms with E-state index in [0.717, 1.165) is 12.8 Å². The second-order valence-corrected chi connectivity index (χ2v) is 7.19. The molecule has 1 amide bonds. The van der Waals surface area contributed by atoms with E-state index in [4.69, 9.17) is 9.47 Å². The van der Waals surface area contributed by atoms with Gasteiger partial charge in [-0.25, -0.2) is 4.79 Å². The van der Waals surface area contributed by atoms with E-state index in [0.29, 0.717) is 29.6 Å². The smallest absolute Gasteiger partial charge is 0.344 e. The van der Waals surface area contributed by atoms with E-state index in [-0.39, 0.29) is 30.9 Å². The Morgan fingerprint density at radius 1 is 1.07 bits per heavy atom. The zero-order valence-electron chi connectivity index (χ0n) is 16.3. The van der Waals surface area contributed by atoms with Crippen molar-refractivity contribution in [3.05, 3.63) is 29.8 Å². The first-order chi connectivity index (χ1) is 12.9. The lowest BCUT2D eigenvalue weighted by Gasteiger charge is -2.34. The monoisotopic (exact) mass is 375 g/mol. The summed E-state index contributed by atoms with van der Waals surface area (Å²) in [7, 11) is 0. The van der Waals surface area contributed by atoms with Gasteiger partial charge in [0.15, 0.2) is 19.0 Å². The van der Waals surface area contributed by atoms with E-state index in [1.54, 1.807) is 31.2 Å². The highest BCUT2D eigenvalue weighted by Crippen LogP contribution is 2.29. The van der Waals surface area contributed by atoms with E-state index in [9.17, 15) is 14.4 Å². The summed E-state index contributed by atoms with van der Waals surface area (Å²) < 4.78 is 10.3. The third-order valence-electron chi connectivity index (χ3n) is 5.27. The van der Waals surface area contributed by atoms with Crippen LogP contribution in [0.1, 0.15) is 56.8 Å². The molecule has 0 heterocycles. The number of hydrogen-bond acceptors (Lipinski definition) is 5. The van der Waals surface area contributed by atoms with Crippen molar-refractivity contribution in [1.82, 2.24) is 5.32 Å². The summed E-state index contributed by atoms with van der Waals surface area (Å²) in [6.07, 6.45) is 3.69. The molecule has 0 spiro atoms. The van der Waals surface area contributed by atoms with Crippen LogP contribution in [0.25, 0.3) is 0 Å². The topological polar surface area (TPSA) is 81.7 Å². The van der Waals surface area contributed by atoms with Crippen LogP contribution in [0.5, 0.6) is 5.75 Å². The van der Waals surface area contributed by atoms with Crippen molar-refractivity contribution < 1.29 is 23.9 Å². The molecule has 0 saturated heterocycles. The molecule has 0 radical (unpaired) electrons. The summed E-state index contributed by atoms with van der Waals surface area (Å²) in [5, 5.41) is 2.96. The minimum absolute atomic E-state index is 0.0497. The first-order valence-corrected chi connectivity index (χ1v) is 9.61. The number of amides is 1. The Balaban J connectivity index is 1.69. The highest BCUT2D eigenvalue weighted by atomic mass is 16.6. The van der Waals surface area contributed by atoms with Crippen LogP contribution in [-0.4, -0.2) is 36.9 Å². The van der Waals surface area contributed by atoms with E-state index >= 15 is 0 Å². The summed E-state index contributed by atoms with van der Waals surface area (Å²) >= 11 is 0. The van der Waals surface area contributed by atoms with Crippen LogP contribution in [0, 0.1) is 11.8 Å². The molecule has 1 aliphatic rings. The van der Waals surface area contributed by atoms with Gasteiger partial charge in [-0.15, -0.1) is 0 Å². The Labute approximate surface area is 160 Å². The fraction of sp³-hybridized carbons (Fsp3) is 0.571. The van der Waals surface area contributed by atoms with Gasteiger partial charge in [-0.3, -0.25) is 9.59 Å². The molecule has 0 unspecified atom stereocenters. The van der Waals surface area contributed by atoms with Gasteiger partial charge in [0.2, 0.25) is 0 Å². The highest BCUT2D eigenvalue weighted by Gasteiger charge is 2.28. The first kappa shape index (κ1) is 20.9. The number of rotatable bonds is 8. The van der Waals surface area contributed by atoms with Crippen molar-refractivity contribution in [3.8, 4) is 5.75 Å². The molecule has 0 aromatic heterocycles. The van der Waals surface area contributed by atoms with Crippen molar-refractivity contribution in [2.75, 3.05) is 13.2 Å². The molecule has 1 aliphatic carbocycles. The maximum Gasteiger partial charge on any atom is 0.344 e. The van der Waals surface area contributed by atoms with Gasteiger partial charge in [0.25, 0.3) is 5.91 Å². The number of Topliss-reactive ketones (excluding diaryl/α,β-unsaturated/α-hetero) is 1. The van der Waals surface area contributed by atoms with Gasteiger partial charge in [0.1, 0.15) is 5.75 Å². The Hall–Kier alpha value is -2.37. The highest BCUT2D eigenvalue weighted by molar-refractivity contribution is 5.95. The van der Waals surface area contributed by atoms with Crippen LogP contribution >= 0.6 is 0 Å². The SMILES string of the molecule is CCC(=O)c1ccc(OCC(=O)OCC(=O)N[C@@H]2CCC[C@@H](C)[C@@H]2C)cc1. The average Bonchev–Trinajstić information content (AvgIpc) is 2.68. The van der Waals surface area contributed by atoms with Crippen LogP contribution in [0.4, 0.5) is 0 Å². The van der Waals surface area contributed by atoms with Crippen LogP contribution in [-0.2, 0) is 14.3 Å². The number of benzene rings is 1. The summed E-state index contributed by atoms with van der Waals surface area (Å²) in [4.78, 5) is 35.3. The van der Waals surface area contributed by atoms with Crippen molar-refractivity contribution in [2.45, 2.75) is 52.5 Å². The van der Waals surface area contributed by atoms with E-state index < -0.39 is 5.97 Å². The number of hydrogen-bond donors (Lipinski definition) is 1. The predicted octanol–water partition coefficient (Wildman–Crippen LogP) is 3.14. The molecular formula is C21H29NO5. The number of carbonyl (C=O) groups excluding carboxylic acids is 3. The summed E-state index contributed by atoms with van der Waals surface area (Å²) in [5.41, 5.74) is 0.607. The molecule has 27 heavy (non-hydrogen) atoms. The lowest BCUT2D eigenvalue weighted by Crippen LogP contribution is -2.45. The van der Waals surface area contributed by atoms with E-state index in [1.807, 2.05) is 0 Å². The number of nitrogens with one attached hydrogen (secondary N) is 1. The quantitative estimate of drug-likeness (QED) is 0.558. The summed E-state index contributed by atoms with van der Waals surface area (Å²) in [6.45, 7) is 5.56. The molecule has 2 rings (SSSR count). The molecule has 3 atom stereocenters. The van der Waals surface area contributed by atoms with Gasteiger partial charge >= 0.3 is 5.97 Å². The van der Waals surface area contributed by atoms with Gasteiger partial charge in [0.05, 0.1) is 0 Å². The second kappa shape index (κ2) is 10.1. The predicted molar refractivity (Wildman–Crippen MR) is 102 cm³/mol. The minimum atomic E-state index is -0.607. The molecule has 148 valence electrons. The zero-order chi connectivity index (χ0) is 19.8. The number of esters is 1. The Morgan fingerprint density at radius 3 is 2.44 bits per heavy atom. The standard InChI is InChI=1S/C21H29NO5/c1-4-19(23)16-8-10-17(11-9-16)26-13-21(25)27-12-20(24)22-18-7-5-6-14(2)15(18)3/h8-11,14-15,18H,4-7,12-13H2,1-3H3,(H,22,24)/t14-,15+,18-/m1/s1. The van der Waals surface area contributed by atoms with Gasteiger partial charge in [-0.1, -0.05) is 33.6 Å². The summed E-state index contributed by atoms with van der Waals surface area (Å²) in [5.74, 6) is 0.631. The lowest BCUT2D eigenvalue weighted by atomic mass is 9.78. The second-order valence-electron chi connectivity index (χ2n) is 7.19. The van der Waals surface area contributed by atoms with E-state index in [1.165, 1.54) is 6.42 Å². The first-order valence-electron chi connectivity index (χ1n) is 9.61. The molecule has 6 nitrogen and oxygen atoms in total. The van der Waals surface area contributed by atoms with Gasteiger partial charge < -0.3 is 14.8 Å². The Bertz CT molecular complexity index is 655. The molecule has 6 heteroatoms. The largest absolute Gasteiger partial charge is 0.482 e. The Kier molecular flexibility index (Phi) is 7.82. The number of ketones is 1. The fourth-order valence-electron chi connectivity index (χ4n) is 3.31. The van der Waals surface area contributed by atoms with E-state index in [2.05, 4.69) is 19.2 Å². The molecular weight excluding hydrogens is 346 g/mol. The molecule has 1 saturated carbocycles. The lowest BCUT2D eigenvalue weighted by molar-refractivity contribution is -0.150. The molecule has 1 fully saturated rings. The van der Waals surface area contributed by atoms with Gasteiger partial charge in [0, 0.05) is 18.0 Å². The Morgan fingerprint density at radius 2 is 1.78 bits per heavy atom. The summed E-state index contributed by atoms with van der Waals surface area (Å²) in [6, 6.07) is 6.72. The number of ether oxygens (including phenoxy) is 2.